The van der Waals surface area contributed by atoms with Gasteiger partial charge in [0.2, 0.25) is 0 Å². The molecule has 7 heteroatoms. The first kappa shape index (κ1) is 28.4. The molecule has 6 nitrogen and oxygen atoms in total. The molecule has 0 amide bonds. The molecule has 50 heavy (non-hydrogen) atoms. The van der Waals surface area contributed by atoms with Gasteiger partial charge in [-0.3, -0.25) is 0 Å². The van der Waals surface area contributed by atoms with Crippen molar-refractivity contribution in [3.8, 4) is 51.4 Å². The molecule has 0 aliphatic carbocycles. The highest BCUT2D eigenvalue weighted by Gasteiger charge is 2.23. The molecule has 0 saturated heterocycles. The van der Waals surface area contributed by atoms with E-state index in [0.717, 1.165) is 64.5 Å². The van der Waals surface area contributed by atoms with Crippen LogP contribution in [-0.2, 0) is 0 Å². The fourth-order valence-electron chi connectivity index (χ4n) is 6.84. The third-order valence-corrected chi connectivity index (χ3v) is 10.3. The van der Waals surface area contributed by atoms with E-state index in [4.69, 9.17) is 24.9 Å². The summed E-state index contributed by atoms with van der Waals surface area (Å²) < 4.78 is 4.39. The summed E-state index contributed by atoms with van der Waals surface area (Å²) in [5.41, 5.74) is 7.66. The van der Waals surface area contributed by atoms with Gasteiger partial charge in [0.1, 0.15) is 5.69 Å². The van der Waals surface area contributed by atoms with Crippen LogP contribution in [0.1, 0.15) is 0 Å². The zero-order chi connectivity index (χ0) is 33.0. The number of fused-ring (bicyclic) bond motifs is 6. The second-order valence-electron chi connectivity index (χ2n) is 12.1. The van der Waals surface area contributed by atoms with E-state index in [1.54, 1.807) is 11.3 Å². The van der Waals surface area contributed by atoms with Crippen molar-refractivity contribution in [1.29, 1.82) is 0 Å². The maximum atomic E-state index is 5.38. The molecule has 6 aromatic carbocycles. The van der Waals surface area contributed by atoms with Crippen LogP contribution >= 0.6 is 11.3 Å². The second kappa shape index (κ2) is 11.5. The fourth-order valence-corrected chi connectivity index (χ4v) is 7.97. The minimum atomic E-state index is 0.511. The van der Waals surface area contributed by atoms with Crippen LogP contribution in [0.15, 0.2) is 158 Å². The monoisotopic (exact) mass is 658 g/mol. The van der Waals surface area contributed by atoms with Crippen LogP contribution in [0.3, 0.4) is 0 Å². The Morgan fingerprint density at radius 2 is 1.00 bits per heavy atom. The minimum Gasteiger partial charge on any atom is -0.309 e. The lowest BCUT2D eigenvalue weighted by molar-refractivity contribution is 1.06. The van der Waals surface area contributed by atoms with Crippen molar-refractivity contribution in [3.05, 3.63) is 158 Å². The Bertz CT molecular complexity index is 2810. The fraction of sp³-hybridized carbons (Fsp3) is 0. The molecule has 0 saturated carbocycles. The van der Waals surface area contributed by atoms with Gasteiger partial charge in [-0.15, -0.1) is 11.3 Å². The average molecular weight is 659 g/mol. The van der Waals surface area contributed by atoms with Crippen LogP contribution in [0.5, 0.6) is 0 Å². The van der Waals surface area contributed by atoms with E-state index in [-0.39, 0.29) is 0 Å². The van der Waals surface area contributed by atoms with E-state index in [0.29, 0.717) is 29.0 Å². The van der Waals surface area contributed by atoms with Gasteiger partial charge in [0, 0.05) is 43.2 Å². The standard InChI is InChI=1S/C43H26N6S/c1-4-15-27(16-5-1)40-46-41(28-17-6-2-7-18-28)48-43(47-40)38-39-37(31-22-11-13-26-35(31)50-39)44-42(45-38)32-23-14-25-34-36(32)30-21-10-12-24-33(30)49(34)29-19-8-3-9-20-29/h1-26H. The highest BCUT2D eigenvalue weighted by molar-refractivity contribution is 7.26. The molecule has 4 aromatic heterocycles. The number of benzene rings is 6. The molecule has 0 N–H and O–H groups in total. The first-order chi connectivity index (χ1) is 24.8. The quantitative estimate of drug-likeness (QED) is 0.184. The average Bonchev–Trinajstić information content (AvgIpc) is 3.74. The summed E-state index contributed by atoms with van der Waals surface area (Å²) in [4.78, 5) is 25.9. The van der Waals surface area contributed by atoms with Crippen molar-refractivity contribution < 1.29 is 0 Å². The van der Waals surface area contributed by atoms with Gasteiger partial charge < -0.3 is 4.57 Å². The SMILES string of the molecule is c1ccc(-c2nc(-c3ccccc3)nc(-c3nc(-c4cccc5c4c4ccccc4n5-c4ccccc4)nc4c3sc3ccccc34)n2)cc1. The molecular weight excluding hydrogens is 633 g/mol. The number of rotatable bonds is 5. The van der Waals surface area contributed by atoms with Gasteiger partial charge in [-0.2, -0.15) is 0 Å². The number of nitrogens with zero attached hydrogens (tertiary/aromatic N) is 6. The van der Waals surface area contributed by atoms with Gasteiger partial charge in [-0.25, -0.2) is 24.9 Å². The van der Waals surface area contributed by atoms with E-state index in [1.165, 1.54) is 0 Å². The van der Waals surface area contributed by atoms with E-state index in [9.17, 15) is 0 Å². The molecule has 0 unspecified atom stereocenters. The number of hydrogen-bond acceptors (Lipinski definition) is 6. The zero-order valence-electron chi connectivity index (χ0n) is 26.6. The van der Waals surface area contributed by atoms with E-state index in [1.807, 2.05) is 66.7 Å². The Kier molecular flexibility index (Phi) is 6.57. The summed E-state index contributed by atoms with van der Waals surface area (Å²) >= 11 is 1.67. The number of hydrogen-bond donors (Lipinski definition) is 0. The van der Waals surface area contributed by atoms with Gasteiger partial charge in [0.25, 0.3) is 0 Å². The topological polar surface area (TPSA) is 69.4 Å². The largest absolute Gasteiger partial charge is 0.309 e. The van der Waals surface area contributed by atoms with Crippen LogP contribution in [0.25, 0.3) is 93.5 Å². The third-order valence-electron chi connectivity index (χ3n) is 9.08. The van der Waals surface area contributed by atoms with Gasteiger partial charge in [0.15, 0.2) is 23.3 Å². The van der Waals surface area contributed by atoms with Crippen molar-refractivity contribution in [2.24, 2.45) is 0 Å². The highest BCUT2D eigenvalue weighted by atomic mass is 32.1. The number of aromatic nitrogens is 6. The van der Waals surface area contributed by atoms with Gasteiger partial charge in [-0.1, -0.05) is 127 Å². The lowest BCUT2D eigenvalue weighted by Gasteiger charge is -2.11. The van der Waals surface area contributed by atoms with E-state index in [2.05, 4.69) is 95.6 Å². The zero-order valence-corrected chi connectivity index (χ0v) is 27.4. The summed E-state index contributed by atoms with van der Waals surface area (Å²) in [6.07, 6.45) is 0. The molecule has 0 radical (unpaired) electrons. The maximum Gasteiger partial charge on any atom is 0.184 e. The Labute approximate surface area is 291 Å². The molecule has 0 atom stereocenters. The molecule has 10 aromatic rings. The molecule has 0 aliphatic heterocycles. The van der Waals surface area contributed by atoms with Crippen molar-refractivity contribution in [2.45, 2.75) is 0 Å². The Balaban J connectivity index is 1.29. The summed E-state index contributed by atoms with van der Waals surface area (Å²) in [5, 5.41) is 3.32. The molecule has 0 aliphatic rings. The predicted octanol–water partition coefficient (Wildman–Crippen LogP) is 10.8. The van der Waals surface area contributed by atoms with Gasteiger partial charge in [-0.05, 0) is 30.3 Å². The molecular formula is C43H26N6S. The first-order valence-corrected chi connectivity index (χ1v) is 17.3. The molecule has 0 spiro atoms. The molecule has 0 bridgehead atoms. The normalized spacial score (nSPS) is 11.6. The Hall–Kier alpha value is -6.57. The molecule has 234 valence electrons. The van der Waals surface area contributed by atoms with Crippen molar-refractivity contribution in [2.75, 3.05) is 0 Å². The van der Waals surface area contributed by atoms with Crippen LogP contribution in [0.4, 0.5) is 0 Å². The smallest absolute Gasteiger partial charge is 0.184 e. The molecule has 4 heterocycles. The first-order valence-electron chi connectivity index (χ1n) is 16.4. The second-order valence-corrected chi connectivity index (χ2v) is 13.2. The molecule has 10 rings (SSSR count). The van der Waals surface area contributed by atoms with Crippen LogP contribution < -0.4 is 0 Å². The van der Waals surface area contributed by atoms with E-state index < -0.39 is 0 Å². The van der Waals surface area contributed by atoms with Crippen LogP contribution in [0, 0.1) is 0 Å². The lowest BCUT2D eigenvalue weighted by Crippen LogP contribution is -2.02. The summed E-state index contributed by atoms with van der Waals surface area (Å²) in [7, 11) is 0. The van der Waals surface area contributed by atoms with Gasteiger partial charge in [0.05, 0.1) is 21.3 Å². The predicted molar refractivity (Wildman–Crippen MR) is 204 cm³/mol. The summed E-state index contributed by atoms with van der Waals surface area (Å²) in [6.45, 7) is 0. The summed E-state index contributed by atoms with van der Waals surface area (Å²) in [5.74, 6) is 2.33. The van der Waals surface area contributed by atoms with Crippen LogP contribution in [0.2, 0.25) is 0 Å². The van der Waals surface area contributed by atoms with E-state index >= 15 is 0 Å². The number of para-hydroxylation sites is 2. The Morgan fingerprint density at radius 3 is 1.72 bits per heavy atom. The lowest BCUT2D eigenvalue weighted by atomic mass is 10.1. The van der Waals surface area contributed by atoms with Crippen molar-refractivity contribution in [1.82, 2.24) is 29.5 Å². The third kappa shape index (κ3) is 4.59. The van der Waals surface area contributed by atoms with Crippen molar-refractivity contribution >= 4 is 53.4 Å². The van der Waals surface area contributed by atoms with Crippen molar-refractivity contribution in [3.63, 3.8) is 0 Å². The molecule has 0 fully saturated rings. The Morgan fingerprint density at radius 1 is 0.420 bits per heavy atom. The minimum absolute atomic E-state index is 0.511. The summed E-state index contributed by atoms with van der Waals surface area (Å²) in [6, 6.07) is 53.9. The maximum absolute atomic E-state index is 5.38. The van der Waals surface area contributed by atoms with Crippen LogP contribution in [-0.4, -0.2) is 29.5 Å². The van der Waals surface area contributed by atoms with Gasteiger partial charge >= 0.3 is 0 Å². The highest BCUT2D eigenvalue weighted by Crippen LogP contribution is 2.42. The number of thiophene rings is 1.